The molecule has 0 aliphatic carbocycles. The molecule has 0 fully saturated rings. The third kappa shape index (κ3) is 9.34. The van der Waals surface area contributed by atoms with Gasteiger partial charge in [-0.15, -0.1) is 0 Å². The van der Waals surface area contributed by atoms with E-state index in [2.05, 4.69) is 18.7 Å². The van der Waals surface area contributed by atoms with Crippen LogP contribution in [0.25, 0.3) is 0 Å². The Kier molecular flexibility index (Phi) is 10.2. The highest BCUT2D eigenvalue weighted by Gasteiger charge is 2.20. The highest BCUT2D eigenvalue weighted by atomic mass is 19.1. The molecular weight excluding hydrogens is 399 g/mol. The molecule has 1 amide bonds. The number of nitrogens with zero attached hydrogens (tertiary/aromatic N) is 2. The first-order chi connectivity index (χ1) is 14.9. The molecule has 170 valence electrons. The average Bonchev–Trinajstić information content (AvgIpc) is 3.22. The van der Waals surface area contributed by atoms with Gasteiger partial charge in [-0.05, 0) is 55.6 Å². The van der Waals surface area contributed by atoms with Gasteiger partial charge in [-0.2, -0.15) is 0 Å². The van der Waals surface area contributed by atoms with Crippen LogP contribution in [0.15, 0.2) is 47.1 Å². The lowest BCUT2D eigenvalue weighted by Crippen LogP contribution is -2.41. The Morgan fingerprint density at radius 2 is 1.87 bits per heavy atom. The Hall–Kier alpha value is -2.67. The largest absolute Gasteiger partial charge is 0.467 e. The van der Waals surface area contributed by atoms with Crippen molar-refractivity contribution in [2.24, 2.45) is 5.92 Å². The maximum atomic E-state index is 13.3. The van der Waals surface area contributed by atoms with Crippen LogP contribution in [-0.2, 0) is 27.4 Å². The quantitative estimate of drug-likeness (QED) is 0.443. The number of esters is 1. The van der Waals surface area contributed by atoms with Crippen LogP contribution >= 0.6 is 0 Å². The van der Waals surface area contributed by atoms with Crippen molar-refractivity contribution < 1.29 is 23.1 Å². The van der Waals surface area contributed by atoms with Crippen LogP contribution in [0.3, 0.4) is 0 Å². The summed E-state index contributed by atoms with van der Waals surface area (Å²) in [6, 6.07) is 9.77. The molecule has 0 bridgehead atoms. The summed E-state index contributed by atoms with van der Waals surface area (Å²) in [5, 5.41) is 0. The summed E-state index contributed by atoms with van der Waals surface area (Å²) in [6.45, 7) is 8.68. The van der Waals surface area contributed by atoms with Crippen LogP contribution in [0.4, 0.5) is 4.39 Å². The van der Waals surface area contributed by atoms with E-state index < -0.39 is 0 Å². The molecule has 0 unspecified atom stereocenters. The lowest BCUT2D eigenvalue weighted by atomic mass is 10.1. The SMILES string of the molecule is CCOC(=O)CCCN(CC(=O)N(Cc1ccc(F)cc1)Cc1ccco1)CC(C)C. The zero-order valence-corrected chi connectivity index (χ0v) is 18.7. The van der Waals surface area contributed by atoms with Crippen LogP contribution in [0.2, 0.25) is 0 Å². The highest BCUT2D eigenvalue weighted by Crippen LogP contribution is 2.13. The minimum atomic E-state index is -0.308. The van der Waals surface area contributed by atoms with Crippen LogP contribution < -0.4 is 0 Å². The van der Waals surface area contributed by atoms with Gasteiger partial charge in [-0.1, -0.05) is 26.0 Å². The fourth-order valence-electron chi connectivity index (χ4n) is 3.36. The van der Waals surface area contributed by atoms with Gasteiger partial charge in [0.2, 0.25) is 5.91 Å². The molecule has 0 aliphatic rings. The average molecular weight is 433 g/mol. The van der Waals surface area contributed by atoms with Gasteiger partial charge >= 0.3 is 5.97 Å². The topological polar surface area (TPSA) is 63.0 Å². The van der Waals surface area contributed by atoms with Crippen LogP contribution in [0, 0.1) is 11.7 Å². The van der Waals surface area contributed by atoms with Crippen LogP contribution in [-0.4, -0.2) is 47.9 Å². The molecule has 0 atom stereocenters. The number of halogens is 1. The van der Waals surface area contributed by atoms with Gasteiger partial charge < -0.3 is 14.1 Å². The summed E-state index contributed by atoms with van der Waals surface area (Å²) in [5.74, 6) is 0.503. The van der Waals surface area contributed by atoms with Crippen molar-refractivity contribution in [3.63, 3.8) is 0 Å². The number of amides is 1. The van der Waals surface area contributed by atoms with E-state index in [1.165, 1.54) is 12.1 Å². The second kappa shape index (κ2) is 12.9. The number of ether oxygens (including phenoxy) is 1. The monoisotopic (exact) mass is 432 g/mol. The predicted octanol–water partition coefficient (Wildman–Crippen LogP) is 4.25. The van der Waals surface area contributed by atoms with Gasteiger partial charge in [0.05, 0.1) is 26.0 Å². The molecule has 2 rings (SSSR count). The number of furan rings is 1. The van der Waals surface area contributed by atoms with Gasteiger partial charge in [0.25, 0.3) is 0 Å². The maximum Gasteiger partial charge on any atom is 0.305 e. The van der Waals surface area contributed by atoms with E-state index in [1.807, 2.05) is 6.07 Å². The molecular formula is C24H33FN2O4. The highest BCUT2D eigenvalue weighted by molar-refractivity contribution is 5.78. The number of carbonyl (C=O) groups excluding carboxylic acids is 2. The van der Waals surface area contributed by atoms with E-state index in [1.54, 1.807) is 36.3 Å². The molecule has 1 heterocycles. The standard InChI is InChI=1S/C24H33FN2O4/c1-4-30-24(29)8-5-13-26(15-19(2)3)18-23(28)27(17-22-7-6-14-31-22)16-20-9-11-21(25)12-10-20/h6-7,9-12,14,19H,4-5,8,13,15-18H2,1-3H3. The number of carbonyl (C=O) groups is 2. The zero-order valence-electron chi connectivity index (χ0n) is 18.7. The molecule has 1 aromatic carbocycles. The Bertz CT molecular complexity index is 790. The lowest BCUT2D eigenvalue weighted by molar-refractivity contribution is -0.143. The van der Waals surface area contributed by atoms with E-state index in [0.29, 0.717) is 50.8 Å². The Labute approximate surface area is 184 Å². The first-order valence-corrected chi connectivity index (χ1v) is 10.8. The Morgan fingerprint density at radius 3 is 2.48 bits per heavy atom. The summed E-state index contributed by atoms with van der Waals surface area (Å²) < 4.78 is 23.7. The third-order valence-corrected chi connectivity index (χ3v) is 4.71. The molecule has 31 heavy (non-hydrogen) atoms. The van der Waals surface area contributed by atoms with Gasteiger partial charge in [0, 0.05) is 19.5 Å². The fourth-order valence-corrected chi connectivity index (χ4v) is 3.36. The molecule has 0 saturated heterocycles. The summed E-state index contributed by atoms with van der Waals surface area (Å²) >= 11 is 0. The maximum absolute atomic E-state index is 13.3. The van der Waals surface area contributed by atoms with Crippen molar-refractivity contribution in [1.82, 2.24) is 9.80 Å². The summed E-state index contributed by atoms with van der Waals surface area (Å²) in [6.07, 6.45) is 2.55. The molecule has 0 N–H and O–H groups in total. The molecule has 0 spiro atoms. The molecule has 2 aromatic rings. The van der Waals surface area contributed by atoms with Gasteiger partial charge in [-0.3, -0.25) is 14.5 Å². The van der Waals surface area contributed by atoms with Crippen molar-refractivity contribution in [2.45, 2.75) is 46.7 Å². The van der Waals surface area contributed by atoms with Crippen molar-refractivity contribution in [1.29, 1.82) is 0 Å². The molecule has 0 radical (unpaired) electrons. The molecule has 7 heteroatoms. The van der Waals surface area contributed by atoms with E-state index in [-0.39, 0.29) is 24.2 Å². The second-order valence-corrected chi connectivity index (χ2v) is 7.99. The number of rotatable bonds is 13. The molecule has 6 nitrogen and oxygen atoms in total. The van der Waals surface area contributed by atoms with Crippen molar-refractivity contribution in [3.8, 4) is 0 Å². The molecule has 0 aliphatic heterocycles. The molecule has 0 saturated carbocycles. The van der Waals surface area contributed by atoms with Crippen molar-refractivity contribution in [2.75, 3.05) is 26.2 Å². The summed E-state index contributed by atoms with van der Waals surface area (Å²) in [4.78, 5) is 28.6. The first kappa shape index (κ1) is 24.6. The molecule has 1 aromatic heterocycles. The second-order valence-electron chi connectivity index (χ2n) is 7.99. The van der Waals surface area contributed by atoms with E-state index in [9.17, 15) is 14.0 Å². The predicted molar refractivity (Wildman–Crippen MR) is 117 cm³/mol. The Balaban J connectivity index is 2.04. The van der Waals surface area contributed by atoms with Crippen molar-refractivity contribution >= 4 is 11.9 Å². The van der Waals surface area contributed by atoms with Gasteiger partial charge in [0.1, 0.15) is 11.6 Å². The zero-order chi connectivity index (χ0) is 22.6. The first-order valence-electron chi connectivity index (χ1n) is 10.8. The van der Waals surface area contributed by atoms with Crippen LogP contribution in [0.5, 0.6) is 0 Å². The summed E-state index contributed by atoms with van der Waals surface area (Å²) in [7, 11) is 0. The van der Waals surface area contributed by atoms with Crippen LogP contribution in [0.1, 0.15) is 44.9 Å². The fraction of sp³-hybridized carbons (Fsp3) is 0.500. The number of hydrogen-bond donors (Lipinski definition) is 0. The van der Waals surface area contributed by atoms with Gasteiger partial charge in [0.15, 0.2) is 0 Å². The minimum Gasteiger partial charge on any atom is -0.467 e. The smallest absolute Gasteiger partial charge is 0.305 e. The Morgan fingerprint density at radius 1 is 1.13 bits per heavy atom. The normalized spacial score (nSPS) is 11.2. The number of hydrogen-bond acceptors (Lipinski definition) is 5. The van der Waals surface area contributed by atoms with E-state index in [4.69, 9.17) is 9.15 Å². The number of benzene rings is 1. The van der Waals surface area contributed by atoms with Gasteiger partial charge in [-0.25, -0.2) is 4.39 Å². The summed E-state index contributed by atoms with van der Waals surface area (Å²) in [5.41, 5.74) is 0.846. The minimum absolute atomic E-state index is 0.0440. The lowest BCUT2D eigenvalue weighted by Gasteiger charge is -2.28. The van der Waals surface area contributed by atoms with E-state index in [0.717, 1.165) is 12.1 Å². The third-order valence-electron chi connectivity index (χ3n) is 4.71. The van der Waals surface area contributed by atoms with E-state index >= 15 is 0 Å². The van der Waals surface area contributed by atoms with Crippen molar-refractivity contribution in [3.05, 3.63) is 59.8 Å².